The summed E-state index contributed by atoms with van der Waals surface area (Å²) < 4.78 is 20.9. The van der Waals surface area contributed by atoms with Gasteiger partial charge in [-0.2, -0.15) is 0 Å². The normalized spacial score (nSPS) is 14.3. The second-order valence-electron chi connectivity index (χ2n) is 8.38. The lowest BCUT2D eigenvalue weighted by Crippen LogP contribution is -2.38. The minimum Gasteiger partial charge on any atom is -0.379 e. The molecule has 1 amide bonds. The van der Waals surface area contributed by atoms with Gasteiger partial charge in [0.1, 0.15) is 5.82 Å². The number of aryl methyl sites for hydroxylation is 1. The van der Waals surface area contributed by atoms with Crippen LogP contribution in [-0.2, 0) is 22.6 Å². The average molecular weight is 484 g/mol. The molecule has 3 aromatic rings. The van der Waals surface area contributed by atoms with E-state index in [9.17, 15) is 9.18 Å². The van der Waals surface area contributed by atoms with Gasteiger partial charge in [0.05, 0.1) is 19.0 Å². The number of carbonyl (C=O) groups excluding carboxylic acids is 1. The Bertz CT molecular complexity index is 1100. The predicted molar refractivity (Wildman–Crippen MR) is 131 cm³/mol. The number of thioether (sulfide) groups is 1. The van der Waals surface area contributed by atoms with Crippen LogP contribution in [-0.4, -0.2) is 76.1 Å². The van der Waals surface area contributed by atoms with Gasteiger partial charge >= 0.3 is 0 Å². The fourth-order valence-electron chi connectivity index (χ4n) is 3.84. The molecule has 1 aliphatic heterocycles. The van der Waals surface area contributed by atoms with Gasteiger partial charge in [-0.05, 0) is 42.3 Å². The molecule has 0 saturated carbocycles. The van der Waals surface area contributed by atoms with E-state index in [1.54, 1.807) is 17.0 Å². The summed E-state index contributed by atoms with van der Waals surface area (Å²) in [5.41, 5.74) is 3.10. The van der Waals surface area contributed by atoms with Crippen LogP contribution in [0.3, 0.4) is 0 Å². The van der Waals surface area contributed by atoms with Gasteiger partial charge in [-0.25, -0.2) is 4.39 Å². The number of carbonyl (C=O) groups is 1. The highest BCUT2D eigenvalue weighted by molar-refractivity contribution is 7.99. The summed E-state index contributed by atoms with van der Waals surface area (Å²) in [7, 11) is 1.82. The third-order valence-corrected chi connectivity index (χ3v) is 6.93. The number of nitrogens with zero attached hydrogens (tertiary/aromatic N) is 5. The number of rotatable bonds is 9. The highest BCUT2D eigenvalue weighted by Crippen LogP contribution is 2.25. The molecule has 0 aliphatic carbocycles. The number of morpholine rings is 1. The Kier molecular flexibility index (Phi) is 8.31. The molecular formula is C25H30FN5O2S. The summed E-state index contributed by atoms with van der Waals surface area (Å²) >= 11 is 1.38. The SMILES string of the molecule is Cc1ccccc1CN(C)C(=O)CSc1nnc(-c2ccc(F)cc2)n1CCN1CCOCC1. The predicted octanol–water partition coefficient (Wildman–Crippen LogP) is 3.48. The second-order valence-corrected chi connectivity index (χ2v) is 9.33. The smallest absolute Gasteiger partial charge is 0.233 e. The first-order valence-corrected chi connectivity index (χ1v) is 12.4. The van der Waals surface area contributed by atoms with E-state index in [1.807, 2.05) is 29.8 Å². The van der Waals surface area contributed by atoms with E-state index in [1.165, 1.54) is 29.5 Å². The summed E-state index contributed by atoms with van der Waals surface area (Å²) in [5.74, 6) is 0.678. The number of benzene rings is 2. The molecule has 0 radical (unpaired) electrons. The first-order chi connectivity index (χ1) is 16.5. The maximum Gasteiger partial charge on any atom is 0.233 e. The van der Waals surface area contributed by atoms with Crippen molar-refractivity contribution in [3.8, 4) is 11.4 Å². The molecule has 4 rings (SSSR count). The van der Waals surface area contributed by atoms with E-state index in [-0.39, 0.29) is 17.5 Å². The van der Waals surface area contributed by atoms with Crippen molar-refractivity contribution in [2.75, 3.05) is 45.6 Å². The van der Waals surface area contributed by atoms with Crippen LogP contribution in [0, 0.1) is 12.7 Å². The number of amides is 1. The lowest BCUT2D eigenvalue weighted by atomic mass is 10.1. The topological polar surface area (TPSA) is 63.5 Å². The van der Waals surface area contributed by atoms with E-state index in [4.69, 9.17) is 4.74 Å². The van der Waals surface area contributed by atoms with Gasteiger partial charge in [0.2, 0.25) is 5.91 Å². The minimum atomic E-state index is -0.292. The molecule has 0 spiro atoms. The van der Waals surface area contributed by atoms with Crippen molar-refractivity contribution >= 4 is 17.7 Å². The molecule has 2 heterocycles. The fourth-order valence-corrected chi connectivity index (χ4v) is 4.75. The molecule has 34 heavy (non-hydrogen) atoms. The Balaban J connectivity index is 1.45. The van der Waals surface area contributed by atoms with E-state index in [0.717, 1.165) is 44.0 Å². The van der Waals surface area contributed by atoms with E-state index in [2.05, 4.69) is 28.1 Å². The van der Waals surface area contributed by atoms with E-state index in [0.29, 0.717) is 24.1 Å². The molecule has 7 nitrogen and oxygen atoms in total. The molecular weight excluding hydrogens is 453 g/mol. The quantitative estimate of drug-likeness (QED) is 0.435. The van der Waals surface area contributed by atoms with Gasteiger partial charge in [0, 0.05) is 45.3 Å². The van der Waals surface area contributed by atoms with Crippen LogP contribution in [0.4, 0.5) is 4.39 Å². The van der Waals surface area contributed by atoms with Crippen molar-refractivity contribution in [2.24, 2.45) is 0 Å². The van der Waals surface area contributed by atoms with Crippen LogP contribution in [0.15, 0.2) is 53.7 Å². The Morgan fingerprint density at radius 2 is 1.82 bits per heavy atom. The number of hydrogen-bond acceptors (Lipinski definition) is 6. The highest BCUT2D eigenvalue weighted by Gasteiger charge is 2.19. The minimum absolute atomic E-state index is 0.0271. The molecule has 0 N–H and O–H groups in total. The molecule has 1 aliphatic rings. The summed E-state index contributed by atoms with van der Waals surface area (Å²) in [6.45, 7) is 7.36. The van der Waals surface area contributed by atoms with Crippen molar-refractivity contribution in [3.63, 3.8) is 0 Å². The van der Waals surface area contributed by atoms with Crippen molar-refractivity contribution in [2.45, 2.75) is 25.2 Å². The fraction of sp³-hybridized carbons (Fsp3) is 0.400. The number of halogens is 1. The molecule has 180 valence electrons. The van der Waals surface area contributed by atoms with Gasteiger partial charge in [-0.15, -0.1) is 10.2 Å². The largest absolute Gasteiger partial charge is 0.379 e. The monoisotopic (exact) mass is 483 g/mol. The van der Waals surface area contributed by atoms with Crippen LogP contribution in [0.25, 0.3) is 11.4 Å². The Labute approximate surface area is 203 Å². The zero-order valence-electron chi connectivity index (χ0n) is 19.6. The number of ether oxygens (including phenoxy) is 1. The second kappa shape index (κ2) is 11.6. The molecule has 1 saturated heterocycles. The van der Waals surface area contributed by atoms with Crippen molar-refractivity contribution < 1.29 is 13.9 Å². The lowest BCUT2D eigenvalue weighted by molar-refractivity contribution is -0.127. The van der Waals surface area contributed by atoms with Gasteiger partial charge in [0.15, 0.2) is 11.0 Å². The molecule has 0 bridgehead atoms. The average Bonchev–Trinajstić information content (AvgIpc) is 3.26. The number of hydrogen-bond donors (Lipinski definition) is 0. The van der Waals surface area contributed by atoms with Crippen molar-refractivity contribution in [1.29, 1.82) is 0 Å². The standard InChI is InChI=1S/C25H30FN5O2S/c1-19-5-3-4-6-21(19)17-29(2)23(32)18-34-25-28-27-24(20-7-9-22(26)10-8-20)31(25)12-11-30-13-15-33-16-14-30/h3-10H,11-18H2,1-2H3. The first-order valence-electron chi connectivity index (χ1n) is 11.4. The Morgan fingerprint density at radius 1 is 1.09 bits per heavy atom. The van der Waals surface area contributed by atoms with Gasteiger partial charge in [-0.3, -0.25) is 9.69 Å². The first kappa shape index (κ1) is 24.4. The van der Waals surface area contributed by atoms with Gasteiger partial charge in [0.25, 0.3) is 0 Å². The van der Waals surface area contributed by atoms with Crippen molar-refractivity contribution in [1.82, 2.24) is 24.6 Å². The van der Waals surface area contributed by atoms with Crippen LogP contribution in [0.2, 0.25) is 0 Å². The highest BCUT2D eigenvalue weighted by atomic mass is 32.2. The lowest BCUT2D eigenvalue weighted by Gasteiger charge is -2.27. The molecule has 1 aromatic heterocycles. The van der Waals surface area contributed by atoms with E-state index < -0.39 is 0 Å². The van der Waals surface area contributed by atoms with Gasteiger partial charge in [-0.1, -0.05) is 36.0 Å². The Hall–Kier alpha value is -2.75. The summed E-state index contributed by atoms with van der Waals surface area (Å²) in [5, 5.41) is 9.45. The third-order valence-electron chi connectivity index (χ3n) is 5.98. The molecule has 1 fully saturated rings. The van der Waals surface area contributed by atoms with Crippen LogP contribution in [0.1, 0.15) is 11.1 Å². The summed E-state index contributed by atoms with van der Waals surface area (Å²) in [4.78, 5) is 16.9. The van der Waals surface area contributed by atoms with Crippen molar-refractivity contribution in [3.05, 3.63) is 65.5 Å². The molecule has 0 atom stereocenters. The zero-order chi connectivity index (χ0) is 23.9. The maximum absolute atomic E-state index is 13.5. The van der Waals surface area contributed by atoms with Crippen LogP contribution in [0.5, 0.6) is 0 Å². The number of aromatic nitrogens is 3. The molecule has 2 aromatic carbocycles. The maximum atomic E-state index is 13.5. The van der Waals surface area contributed by atoms with E-state index >= 15 is 0 Å². The van der Waals surface area contributed by atoms with Crippen LogP contribution >= 0.6 is 11.8 Å². The van der Waals surface area contributed by atoms with Gasteiger partial charge < -0.3 is 14.2 Å². The third kappa shape index (κ3) is 6.22. The summed E-state index contributed by atoms with van der Waals surface area (Å²) in [6, 6.07) is 14.3. The Morgan fingerprint density at radius 3 is 2.56 bits per heavy atom. The van der Waals surface area contributed by atoms with Crippen LogP contribution < -0.4 is 0 Å². The molecule has 9 heteroatoms. The summed E-state index contributed by atoms with van der Waals surface area (Å²) in [6.07, 6.45) is 0. The molecule has 0 unspecified atom stereocenters. The zero-order valence-corrected chi connectivity index (χ0v) is 20.4.